The lowest BCUT2D eigenvalue weighted by atomic mass is 9.97. The van der Waals surface area contributed by atoms with Crippen LogP contribution in [0.3, 0.4) is 0 Å². The molecule has 34 heavy (non-hydrogen) atoms. The van der Waals surface area contributed by atoms with Crippen LogP contribution in [0.1, 0.15) is 24.0 Å². The van der Waals surface area contributed by atoms with Crippen molar-refractivity contribution in [3.63, 3.8) is 0 Å². The van der Waals surface area contributed by atoms with E-state index < -0.39 is 10.0 Å². The fourth-order valence-electron chi connectivity index (χ4n) is 4.84. The fraction of sp³-hybridized carbons (Fsp3) is 0.480. The number of methoxy groups -OCH3 is 1. The van der Waals surface area contributed by atoms with E-state index in [0.29, 0.717) is 43.2 Å². The Morgan fingerprint density at radius 2 is 1.76 bits per heavy atom. The van der Waals surface area contributed by atoms with Crippen molar-refractivity contribution in [3.8, 4) is 5.75 Å². The second kappa shape index (κ2) is 10.1. The molecule has 2 saturated heterocycles. The molecule has 2 aromatic carbocycles. The van der Waals surface area contributed by atoms with Crippen LogP contribution in [0.4, 0.5) is 5.69 Å². The highest BCUT2D eigenvalue weighted by Gasteiger charge is 2.37. The van der Waals surface area contributed by atoms with Gasteiger partial charge in [-0.05, 0) is 62.1 Å². The van der Waals surface area contributed by atoms with Gasteiger partial charge in [0.15, 0.2) is 0 Å². The Hall–Kier alpha value is -2.29. The number of carbonyl (C=O) groups is 1. The SMILES string of the molecule is COc1ccc(C)cc1S(=O)(=O)N1CCC[C@H](C(=O)N2CCN(c3cc(Cl)ccc3C)CC2)C1. The number of sulfonamides is 1. The maximum Gasteiger partial charge on any atom is 0.246 e. The number of aryl methyl sites for hydroxylation is 2. The normalized spacial score (nSPS) is 19.8. The zero-order valence-electron chi connectivity index (χ0n) is 20.0. The van der Waals surface area contributed by atoms with E-state index in [1.807, 2.05) is 36.1 Å². The third kappa shape index (κ3) is 5.04. The molecule has 9 heteroatoms. The van der Waals surface area contributed by atoms with Crippen LogP contribution in [0.5, 0.6) is 5.75 Å². The molecule has 184 valence electrons. The van der Waals surface area contributed by atoms with Gasteiger partial charge in [-0.2, -0.15) is 4.31 Å². The van der Waals surface area contributed by atoms with Gasteiger partial charge < -0.3 is 14.5 Å². The van der Waals surface area contributed by atoms with Gasteiger partial charge in [0.2, 0.25) is 15.9 Å². The molecule has 0 spiro atoms. The van der Waals surface area contributed by atoms with E-state index in [9.17, 15) is 13.2 Å². The van der Waals surface area contributed by atoms with Gasteiger partial charge in [-0.15, -0.1) is 0 Å². The molecule has 1 atom stereocenters. The molecular formula is C25H32ClN3O4S. The Labute approximate surface area is 207 Å². The van der Waals surface area contributed by atoms with Gasteiger partial charge in [-0.3, -0.25) is 4.79 Å². The van der Waals surface area contributed by atoms with E-state index in [4.69, 9.17) is 16.3 Å². The molecule has 0 unspecified atom stereocenters. The van der Waals surface area contributed by atoms with Crippen LogP contribution < -0.4 is 9.64 Å². The van der Waals surface area contributed by atoms with E-state index in [1.165, 1.54) is 11.4 Å². The van der Waals surface area contributed by atoms with Gasteiger partial charge in [0, 0.05) is 50.0 Å². The maximum absolute atomic E-state index is 13.4. The van der Waals surface area contributed by atoms with Crippen molar-refractivity contribution >= 4 is 33.2 Å². The number of anilines is 1. The average molecular weight is 506 g/mol. The lowest BCUT2D eigenvalue weighted by Gasteiger charge is -2.40. The number of carbonyl (C=O) groups excluding carboxylic acids is 1. The summed E-state index contributed by atoms with van der Waals surface area (Å²) >= 11 is 6.19. The van der Waals surface area contributed by atoms with Gasteiger partial charge >= 0.3 is 0 Å². The molecule has 2 aliphatic rings. The van der Waals surface area contributed by atoms with Gasteiger partial charge in [-0.1, -0.05) is 23.7 Å². The van der Waals surface area contributed by atoms with Crippen LogP contribution in [-0.4, -0.2) is 69.9 Å². The zero-order chi connectivity index (χ0) is 24.5. The lowest BCUT2D eigenvalue weighted by Crippen LogP contribution is -2.53. The van der Waals surface area contributed by atoms with E-state index in [1.54, 1.807) is 12.1 Å². The Kier molecular flexibility index (Phi) is 7.40. The topological polar surface area (TPSA) is 70.2 Å². The van der Waals surface area contributed by atoms with Crippen LogP contribution in [0.15, 0.2) is 41.3 Å². The minimum atomic E-state index is -3.76. The first-order valence-corrected chi connectivity index (χ1v) is 13.5. The Balaban J connectivity index is 1.43. The van der Waals surface area contributed by atoms with Crippen molar-refractivity contribution in [2.45, 2.75) is 31.6 Å². The molecule has 2 aromatic rings. The third-order valence-corrected chi connectivity index (χ3v) is 8.89. The summed E-state index contributed by atoms with van der Waals surface area (Å²) in [5, 5.41) is 0.702. The minimum absolute atomic E-state index is 0.0403. The summed E-state index contributed by atoms with van der Waals surface area (Å²) in [6, 6.07) is 11.0. The molecule has 1 amide bonds. The first-order valence-electron chi connectivity index (χ1n) is 11.7. The number of nitrogens with zero attached hydrogens (tertiary/aromatic N) is 3. The quantitative estimate of drug-likeness (QED) is 0.619. The number of hydrogen-bond donors (Lipinski definition) is 0. The molecule has 0 saturated carbocycles. The molecule has 0 radical (unpaired) electrons. The minimum Gasteiger partial charge on any atom is -0.495 e. The first kappa shape index (κ1) is 24.8. The molecule has 0 N–H and O–H groups in total. The second-order valence-corrected chi connectivity index (χ2v) is 11.4. The zero-order valence-corrected chi connectivity index (χ0v) is 21.5. The van der Waals surface area contributed by atoms with Crippen molar-refractivity contribution in [2.75, 3.05) is 51.3 Å². The van der Waals surface area contributed by atoms with E-state index in [2.05, 4.69) is 11.8 Å². The van der Waals surface area contributed by atoms with Crippen LogP contribution in [0.2, 0.25) is 5.02 Å². The Morgan fingerprint density at radius 3 is 2.47 bits per heavy atom. The largest absolute Gasteiger partial charge is 0.495 e. The summed E-state index contributed by atoms with van der Waals surface area (Å²) in [6.45, 7) is 7.19. The first-order chi connectivity index (χ1) is 16.2. The maximum atomic E-state index is 13.4. The summed E-state index contributed by atoms with van der Waals surface area (Å²) in [5.74, 6) is 0.0313. The summed E-state index contributed by atoms with van der Waals surface area (Å²) < 4.78 is 33.6. The van der Waals surface area contributed by atoms with Gasteiger partial charge in [0.05, 0.1) is 13.0 Å². The summed E-state index contributed by atoms with van der Waals surface area (Å²) in [4.78, 5) is 17.6. The summed E-state index contributed by atoms with van der Waals surface area (Å²) in [7, 11) is -2.29. The van der Waals surface area contributed by atoms with Crippen LogP contribution in [-0.2, 0) is 14.8 Å². The third-order valence-electron chi connectivity index (χ3n) is 6.77. The van der Waals surface area contributed by atoms with E-state index in [0.717, 1.165) is 29.9 Å². The van der Waals surface area contributed by atoms with Crippen molar-refractivity contribution < 1.29 is 17.9 Å². The highest BCUT2D eigenvalue weighted by atomic mass is 35.5. The monoisotopic (exact) mass is 505 g/mol. The van der Waals surface area contributed by atoms with E-state index in [-0.39, 0.29) is 23.3 Å². The number of amides is 1. The lowest BCUT2D eigenvalue weighted by molar-refractivity contribution is -0.137. The number of halogens is 1. The number of piperidine rings is 1. The molecule has 0 bridgehead atoms. The van der Waals surface area contributed by atoms with E-state index >= 15 is 0 Å². The molecule has 0 aliphatic carbocycles. The smallest absolute Gasteiger partial charge is 0.246 e. The molecular weight excluding hydrogens is 474 g/mol. The Morgan fingerprint density at radius 1 is 1.03 bits per heavy atom. The van der Waals surface area contributed by atoms with Crippen molar-refractivity contribution in [3.05, 3.63) is 52.5 Å². The number of piperazine rings is 1. The van der Waals surface area contributed by atoms with Crippen molar-refractivity contribution in [1.82, 2.24) is 9.21 Å². The van der Waals surface area contributed by atoms with Crippen LogP contribution >= 0.6 is 11.6 Å². The highest BCUT2D eigenvalue weighted by molar-refractivity contribution is 7.89. The molecule has 7 nitrogen and oxygen atoms in total. The molecule has 2 heterocycles. The van der Waals surface area contributed by atoms with Crippen LogP contribution in [0.25, 0.3) is 0 Å². The van der Waals surface area contributed by atoms with Gasteiger partial charge in [-0.25, -0.2) is 8.42 Å². The molecule has 2 aliphatic heterocycles. The van der Waals surface area contributed by atoms with Crippen molar-refractivity contribution in [2.24, 2.45) is 5.92 Å². The fourth-order valence-corrected chi connectivity index (χ4v) is 6.77. The predicted octanol–water partition coefficient (Wildman–Crippen LogP) is 3.71. The molecule has 2 fully saturated rings. The predicted molar refractivity (Wildman–Crippen MR) is 134 cm³/mol. The summed E-state index contributed by atoms with van der Waals surface area (Å²) in [5.41, 5.74) is 3.10. The number of hydrogen-bond acceptors (Lipinski definition) is 5. The molecule has 4 rings (SSSR count). The standard InChI is InChI=1S/C25H32ClN3O4S/c1-18-6-9-23(33-3)24(15-18)34(31,32)29-10-4-5-20(17-29)25(30)28-13-11-27(12-14-28)22-16-21(26)8-7-19(22)2/h6-9,15-16,20H,4-5,10-14,17H2,1-3H3/t20-/m0/s1. The van der Waals surface area contributed by atoms with Crippen molar-refractivity contribution in [1.29, 1.82) is 0 Å². The number of ether oxygens (including phenoxy) is 1. The summed E-state index contributed by atoms with van der Waals surface area (Å²) in [6.07, 6.45) is 1.36. The molecule has 0 aromatic heterocycles. The number of rotatable bonds is 5. The van der Waals surface area contributed by atoms with Crippen LogP contribution in [0, 0.1) is 19.8 Å². The Bertz CT molecular complexity index is 1160. The van der Waals surface area contributed by atoms with Gasteiger partial charge in [0.25, 0.3) is 0 Å². The second-order valence-electron chi connectivity index (χ2n) is 9.10. The highest BCUT2D eigenvalue weighted by Crippen LogP contribution is 2.31. The van der Waals surface area contributed by atoms with Gasteiger partial charge in [0.1, 0.15) is 10.6 Å². The number of benzene rings is 2. The average Bonchev–Trinajstić information content (AvgIpc) is 2.85.